The van der Waals surface area contributed by atoms with Gasteiger partial charge in [-0.25, -0.2) is 5.43 Å². The lowest BCUT2D eigenvalue weighted by molar-refractivity contribution is 0.0957. The van der Waals surface area contributed by atoms with E-state index in [4.69, 9.17) is 0 Å². The zero-order valence-electron chi connectivity index (χ0n) is 11.1. The second-order valence-electron chi connectivity index (χ2n) is 4.51. The number of amides is 1. The van der Waals surface area contributed by atoms with Crippen LogP contribution in [0.3, 0.4) is 0 Å². The fraction of sp³-hybridized carbons (Fsp3) is 0. The first kappa shape index (κ1) is 12.9. The van der Waals surface area contributed by atoms with Gasteiger partial charge in [-0.05, 0) is 18.2 Å². The van der Waals surface area contributed by atoms with E-state index in [0.29, 0.717) is 11.1 Å². The molecule has 104 valence electrons. The first-order valence-corrected chi connectivity index (χ1v) is 6.43. The molecule has 3 rings (SSSR count). The van der Waals surface area contributed by atoms with E-state index in [1.807, 2.05) is 24.3 Å². The van der Waals surface area contributed by atoms with Crippen LogP contribution in [0.2, 0.25) is 0 Å². The van der Waals surface area contributed by atoms with Crippen molar-refractivity contribution in [3.63, 3.8) is 0 Å². The number of phenols is 1. The van der Waals surface area contributed by atoms with Crippen molar-refractivity contribution in [3.05, 3.63) is 65.9 Å². The third-order valence-corrected chi connectivity index (χ3v) is 3.14. The summed E-state index contributed by atoms with van der Waals surface area (Å²) in [5.74, 6) is -0.193. The minimum Gasteiger partial charge on any atom is -0.507 e. The Hall–Kier alpha value is -3.08. The molecule has 5 heteroatoms. The van der Waals surface area contributed by atoms with Crippen LogP contribution >= 0.6 is 0 Å². The maximum Gasteiger partial charge on any atom is 0.273 e. The number of carbonyl (C=O) groups excluding carboxylic acids is 1. The number of fused-ring (bicyclic) bond motifs is 1. The van der Waals surface area contributed by atoms with Gasteiger partial charge in [0.05, 0.1) is 11.8 Å². The molecular formula is C16H13N3O2. The Balaban J connectivity index is 1.77. The number of nitrogens with zero attached hydrogens (tertiary/aromatic N) is 1. The van der Waals surface area contributed by atoms with E-state index in [2.05, 4.69) is 15.5 Å². The minimum atomic E-state index is -0.306. The molecule has 0 saturated heterocycles. The number of hydrogen-bond acceptors (Lipinski definition) is 3. The minimum absolute atomic E-state index is 0.114. The first-order chi connectivity index (χ1) is 10.3. The molecule has 1 heterocycles. The first-order valence-electron chi connectivity index (χ1n) is 6.43. The second kappa shape index (κ2) is 5.50. The molecule has 3 aromatic rings. The fourth-order valence-corrected chi connectivity index (χ4v) is 2.08. The molecule has 2 aromatic carbocycles. The van der Waals surface area contributed by atoms with Gasteiger partial charge in [-0.2, -0.15) is 5.10 Å². The summed E-state index contributed by atoms with van der Waals surface area (Å²) in [4.78, 5) is 15.1. The van der Waals surface area contributed by atoms with Gasteiger partial charge >= 0.3 is 0 Å². The van der Waals surface area contributed by atoms with Gasteiger partial charge in [0.15, 0.2) is 0 Å². The normalized spacial score (nSPS) is 11.0. The molecule has 1 amide bonds. The number of nitrogens with one attached hydrogen (secondary N) is 2. The molecule has 0 radical (unpaired) electrons. The van der Waals surface area contributed by atoms with E-state index in [-0.39, 0.29) is 11.7 Å². The number of aromatic amines is 1. The van der Waals surface area contributed by atoms with E-state index in [1.54, 1.807) is 30.5 Å². The van der Waals surface area contributed by atoms with Crippen LogP contribution in [0.5, 0.6) is 5.75 Å². The number of rotatable bonds is 3. The van der Waals surface area contributed by atoms with Crippen molar-refractivity contribution in [1.82, 2.24) is 10.4 Å². The molecule has 1 aromatic heterocycles. The molecule has 0 aliphatic carbocycles. The Morgan fingerprint density at radius 3 is 2.76 bits per heavy atom. The van der Waals surface area contributed by atoms with Crippen LogP contribution in [0.15, 0.2) is 59.8 Å². The van der Waals surface area contributed by atoms with Crippen LogP contribution in [0.1, 0.15) is 15.9 Å². The number of phenolic OH excluding ortho intramolecular Hbond substituents is 1. The number of hydrazone groups is 1. The SMILES string of the molecule is O=C(N/N=C\c1ccccc1O)c1c[nH]c2ccccc12. The molecular weight excluding hydrogens is 266 g/mol. The monoisotopic (exact) mass is 279 g/mol. The summed E-state index contributed by atoms with van der Waals surface area (Å²) in [7, 11) is 0. The number of aromatic hydroxyl groups is 1. The molecule has 0 bridgehead atoms. The highest BCUT2D eigenvalue weighted by Gasteiger charge is 2.10. The molecule has 0 aliphatic heterocycles. The third kappa shape index (κ3) is 2.62. The summed E-state index contributed by atoms with van der Waals surface area (Å²) >= 11 is 0. The number of carbonyl (C=O) groups is 1. The van der Waals surface area contributed by atoms with E-state index in [9.17, 15) is 9.90 Å². The lowest BCUT2D eigenvalue weighted by atomic mass is 10.2. The Bertz CT molecular complexity index is 821. The lowest BCUT2D eigenvalue weighted by Crippen LogP contribution is -2.17. The topological polar surface area (TPSA) is 77.5 Å². The molecule has 21 heavy (non-hydrogen) atoms. The summed E-state index contributed by atoms with van der Waals surface area (Å²) < 4.78 is 0. The molecule has 5 nitrogen and oxygen atoms in total. The fourth-order valence-electron chi connectivity index (χ4n) is 2.08. The molecule has 0 atom stereocenters. The highest BCUT2D eigenvalue weighted by molar-refractivity contribution is 6.06. The van der Waals surface area contributed by atoms with Gasteiger partial charge in [0.25, 0.3) is 5.91 Å². The molecule has 0 saturated carbocycles. The van der Waals surface area contributed by atoms with E-state index in [0.717, 1.165) is 10.9 Å². The highest BCUT2D eigenvalue weighted by Crippen LogP contribution is 2.17. The molecule has 3 N–H and O–H groups in total. The van der Waals surface area contributed by atoms with Gasteiger partial charge in [0, 0.05) is 22.7 Å². The Morgan fingerprint density at radius 1 is 1.14 bits per heavy atom. The lowest BCUT2D eigenvalue weighted by Gasteiger charge is -1.99. The van der Waals surface area contributed by atoms with Crippen molar-refractivity contribution in [2.24, 2.45) is 5.10 Å². The van der Waals surface area contributed by atoms with Crippen molar-refractivity contribution < 1.29 is 9.90 Å². The predicted molar refractivity (Wildman–Crippen MR) is 81.5 cm³/mol. The maximum absolute atomic E-state index is 12.1. The van der Waals surface area contributed by atoms with Gasteiger partial charge in [-0.1, -0.05) is 30.3 Å². The maximum atomic E-state index is 12.1. The average Bonchev–Trinajstić information content (AvgIpc) is 2.93. The van der Waals surface area contributed by atoms with Gasteiger partial charge in [-0.15, -0.1) is 0 Å². The van der Waals surface area contributed by atoms with E-state index < -0.39 is 0 Å². The number of benzene rings is 2. The molecule has 0 unspecified atom stereocenters. The van der Waals surface area contributed by atoms with Crippen molar-refractivity contribution >= 4 is 23.0 Å². The van der Waals surface area contributed by atoms with Gasteiger partial charge < -0.3 is 10.1 Å². The Labute approximate surface area is 120 Å². The number of para-hydroxylation sites is 2. The van der Waals surface area contributed by atoms with Crippen LogP contribution in [0, 0.1) is 0 Å². The van der Waals surface area contributed by atoms with Crippen LogP contribution in [0.4, 0.5) is 0 Å². The van der Waals surface area contributed by atoms with Crippen LogP contribution in [0.25, 0.3) is 10.9 Å². The smallest absolute Gasteiger partial charge is 0.273 e. The summed E-state index contributed by atoms with van der Waals surface area (Å²) in [5, 5.41) is 14.3. The van der Waals surface area contributed by atoms with Crippen molar-refractivity contribution in [3.8, 4) is 5.75 Å². The van der Waals surface area contributed by atoms with Crippen molar-refractivity contribution in [2.45, 2.75) is 0 Å². The zero-order valence-corrected chi connectivity index (χ0v) is 11.1. The average molecular weight is 279 g/mol. The van der Waals surface area contributed by atoms with Crippen LogP contribution in [-0.4, -0.2) is 22.2 Å². The van der Waals surface area contributed by atoms with Gasteiger partial charge in [-0.3, -0.25) is 4.79 Å². The summed E-state index contributed by atoms with van der Waals surface area (Å²) in [6.45, 7) is 0. The third-order valence-electron chi connectivity index (χ3n) is 3.14. The van der Waals surface area contributed by atoms with Gasteiger partial charge in [0.2, 0.25) is 0 Å². The van der Waals surface area contributed by atoms with Crippen molar-refractivity contribution in [1.29, 1.82) is 0 Å². The summed E-state index contributed by atoms with van der Waals surface area (Å²) in [6, 6.07) is 14.3. The van der Waals surface area contributed by atoms with E-state index in [1.165, 1.54) is 6.21 Å². The van der Waals surface area contributed by atoms with Crippen LogP contribution in [-0.2, 0) is 0 Å². The molecule has 0 spiro atoms. The van der Waals surface area contributed by atoms with Crippen molar-refractivity contribution in [2.75, 3.05) is 0 Å². The highest BCUT2D eigenvalue weighted by atomic mass is 16.3. The summed E-state index contributed by atoms with van der Waals surface area (Å²) in [5.41, 5.74) is 4.41. The number of H-pyrrole nitrogens is 1. The Morgan fingerprint density at radius 2 is 1.90 bits per heavy atom. The summed E-state index contributed by atoms with van der Waals surface area (Å²) in [6.07, 6.45) is 3.05. The van der Waals surface area contributed by atoms with Crippen LogP contribution < -0.4 is 5.43 Å². The Kier molecular flexibility index (Phi) is 3.39. The van der Waals surface area contributed by atoms with E-state index >= 15 is 0 Å². The zero-order chi connectivity index (χ0) is 14.7. The predicted octanol–water partition coefficient (Wildman–Crippen LogP) is 2.64. The quantitative estimate of drug-likeness (QED) is 0.509. The standard InChI is InChI=1S/C16H13N3O2/c20-15-8-4-1-5-11(15)9-18-19-16(21)13-10-17-14-7-3-2-6-12(13)14/h1-10,17,20H,(H,19,21)/b18-9-. The molecule has 0 aliphatic rings. The van der Waals surface area contributed by atoms with Gasteiger partial charge in [0.1, 0.15) is 5.75 Å². The molecule has 0 fully saturated rings. The second-order valence-corrected chi connectivity index (χ2v) is 4.51. The largest absolute Gasteiger partial charge is 0.507 e. The number of aromatic nitrogens is 1. The number of hydrogen-bond donors (Lipinski definition) is 3.